The molecule has 0 aliphatic carbocycles. The number of Topliss-reactive ketones (excluding diaryl/α,β-unsaturated/α-hetero) is 1. The van der Waals surface area contributed by atoms with Gasteiger partial charge < -0.3 is 14.5 Å². The molecule has 6 nitrogen and oxygen atoms in total. The molecule has 0 saturated heterocycles. The number of thioether (sulfide) groups is 1. The summed E-state index contributed by atoms with van der Waals surface area (Å²) in [5.41, 5.74) is 0.938. The van der Waals surface area contributed by atoms with Crippen molar-refractivity contribution in [3.8, 4) is 11.5 Å². The van der Waals surface area contributed by atoms with E-state index in [0.717, 1.165) is 0 Å². The molecule has 4 rings (SSSR count). The topological polar surface area (TPSA) is 81.3 Å². The molecule has 1 aliphatic heterocycles. The fourth-order valence-corrected chi connectivity index (χ4v) is 3.18. The van der Waals surface area contributed by atoms with Crippen LogP contribution in [0.3, 0.4) is 0 Å². The van der Waals surface area contributed by atoms with Gasteiger partial charge in [-0.25, -0.2) is 4.98 Å². The lowest BCUT2D eigenvalue weighted by atomic mass is 10.1. The molecule has 120 valence electrons. The van der Waals surface area contributed by atoms with Crippen LogP contribution in [0.5, 0.6) is 11.5 Å². The van der Waals surface area contributed by atoms with Crippen LogP contribution in [0, 0.1) is 0 Å². The number of benzene rings is 2. The summed E-state index contributed by atoms with van der Waals surface area (Å²) < 4.78 is 10.5. The molecule has 0 spiro atoms. The number of carbonyl (C=O) groups is 1. The smallest absolute Gasteiger partial charge is 0.259 e. The van der Waals surface area contributed by atoms with Crippen molar-refractivity contribution >= 4 is 28.4 Å². The molecule has 3 aromatic rings. The Balaban J connectivity index is 1.52. The van der Waals surface area contributed by atoms with E-state index in [9.17, 15) is 9.59 Å². The van der Waals surface area contributed by atoms with Crippen molar-refractivity contribution in [1.82, 2.24) is 9.97 Å². The molecule has 24 heavy (non-hydrogen) atoms. The number of ether oxygens (including phenoxy) is 2. The molecule has 2 heterocycles. The zero-order valence-corrected chi connectivity index (χ0v) is 13.3. The number of rotatable bonds is 4. The number of para-hydroxylation sites is 1. The highest BCUT2D eigenvalue weighted by molar-refractivity contribution is 7.99. The van der Waals surface area contributed by atoms with Crippen LogP contribution in [-0.4, -0.2) is 28.3 Å². The van der Waals surface area contributed by atoms with E-state index in [2.05, 4.69) is 9.97 Å². The first kappa shape index (κ1) is 14.8. The van der Waals surface area contributed by atoms with Crippen LogP contribution in [0.2, 0.25) is 0 Å². The second-order valence-electron chi connectivity index (χ2n) is 5.17. The lowest BCUT2D eigenvalue weighted by Gasteiger charge is -2.04. The van der Waals surface area contributed by atoms with Gasteiger partial charge in [-0.15, -0.1) is 0 Å². The van der Waals surface area contributed by atoms with E-state index in [4.69, 9.17) is 9.47 Å². The highest BCUT2D eigenvalue weighted by Crippen LogP contribution is 2.32. The van der Waals surface area contributed by atoms with Crippen LogP contribution in [0.1, 0.15) is 10.4 Å². The Morgan fingerprint density at radius 2 is 2.00 bits per heavy atom. The number of nitrogens with one attached hydrogen (secondary N) is 1. The summed E-state index contributed by atoms with van der Waals surface area (Å²) in [7, 11) is 0. The molecule has 0 unspecified atom stereocenters. The molecule has 1 aromatic heterocycles. The van der Waals surface area contributed by atoms with Gasteiger partial charge in [0.1, 0.15) is 0 Å². The van der Waals surface area contributed by atoms with E-state index in [1.165, 1.54) is 11.8 Å². The van der Waals surface area contributed by atoms with Gasteiger partial charge in [-0.1, -0.05) is 23.9 Å². The average Bonchev–Trinajstić information content (AvgIpc) is 3.07. The molecule has 0 amide bonds. The first-order chi connectivity index (χ1) is 11.7. The van der Waals surface area contributed by atoms with Crippen LogP contribution >= 0.6 is 11.8 Å². The Morgan fingerprint density at radius 3 is 2.92 bits per heavy atom. The van der Waals surface area contributed by atoms with Gasteiger partial charge in [0.2, 0.25) is 6.79 Å². The molecule has 2 aromatic carbocycles. The van der Waals surface area contributed by atoms with Crippen molar-refractivity contribution in [3.63, 3.8) is 0 Å². The summed E-state index contributed by atoms with van der Waals surface area (Å²) in [5, 5.41) is 0.955. The van der Waals surface area contributed by atoms with Crippen LogP contribution in [0.15, 0.2) is 52.4 Å². The quantitative estimate of drug-likeness (QED) is 0.447. The molecule has 0 atom stereocenters. The predicted octanol–water partition coefficient (Wildman–Crippen LogP) is 2.63. The molecule has 7 heteroatoms. The predicted molar refractivity (Wildman–Crippen MR) is 90.0 cm³/mol. The normalized spacial score (nSPS) is 12.5. The van der Waals surface area contributed by atoms with Crippen molar-refractivity contribution in [2.75, 3.05) is 12.5 Å². The van der Waals surface area contributed by atoms with Gasteiger partial charge >= 0.3 is 0 Å². The third-order valence-electron chi connectivity index (χ3n) is 3.63. The maximum atomic E-state index is 12.3. The number of carbonyl (C=O) groups excluding carboxylic acids is 1. The Labute approximate surface area is 140 Å². The van der Waals surface area contributed by atoms with Crippen molar-refractivity contribution in [1.29, 1.82) is 0 Å². The van der Waals surface area contributed by atoms with Gasteiger partial charge in [0.05, 0.1) is 16.7 Å². The first-order valence-corrected chi connectivity index (χ1v) is 8.24. The van der Waals surface area contributed by atoms with E-state index in [1.807, 2.05) is 6.07 Å². The van der Waals surface area contributed by atoms with Gasteiger partial charge in [0, 0.05) is 5.56 Å². The van der Waals surface area contributed by atoms with Crippen molar-refractivity contribution in [2.24, 2.45) is 0 Å². The average molecular weight is 340 g/mol. The van der Waals surface area contributed by atoms with Gasteiger partial charge in [-0.05, 0) is 30.3 Å². The van der Waals surface area contributed by atoms with Crippen LogP contribution < -0.4 is 15.0 Å². The van der Waals surface area contributed by atoms with Gasteiger partial charge in [0.25, 0.3) is 5.56 Å². The Hall–Kier alpha value is -2.80. The van der Waals surface area contributed by atoms with Gasteiger partial charge in [-0.2, -0.15) is 0 Å². The number of fused-ring (bicyclic) bond motifs is 2. The number of aromatic amines is 1. The van der Waals surface area contributed by atoms with Crippen LogP contribution in [0.25, 0.3) is 10.9 Å². The van der Waals surface area contributed by atoms with E-state index in [1.54, 1.807) is 36.4 Å². The summed E-state index contributed by atoms with van der Waals surface area (Å²) in [4.78, 5) is 31.4. The molecular weight excluding hydrogens is 328 g/mol. The molecule has 0 radical (unpaired) electrons. The SMILES string of the molecule is O=C(CSc1nc2ccccc2c(=O)[nH]1)c1ccc2c(c1)OCO2. The molecule has 0 bridgehead atoms. The van der Waals surface area contributed by atoms with E-state index in [-0.39, 0.29) is 23.9 Å². The van der Waals surface area contributed by atoms with Gasteiger partial charge in [0.15, 0.2) is 22.4 Å². The van der Waals surface area contributed by atoms with E-state index < -0.39 is 0 Å². The highest BCUT2D eigenvalue weighted by atomic mass is 32.2. The molecule has 0 fully saturated rings. The summed E-state index contributed by atoms with van der Waals surface area (Å²) in [6, 6.07) is 12.2. The summed E-state index contributed by atoms with van der Waals surface area (Å²) in [6.07, 6.45) is 0. The second kappa shape index (κ2) is 6.01. The van der Waals surface area contributed by atoms with Crippen molar-refractivity contribution < 1.29 is 14.3 Å². The molecular formula is C17H12N2O4S. The maximum Gasteiger partial charge on any atom is 0.259 e. The largest absolute Gasteiger partial charge is 0.454 e. The third-order valence-corrected chi connectivity index (χ3v) is 4.50. The van der Waals surface area contributed by atoms with Crippen LogP contribution in [0.4, 0.5) is 0 Å². The minimum Gasteiger partial charge on any atom is -0.454 e. The Kier molecular flexibility index (Phi) is 3.70. The minimum atomic E-state index is -0.210. The fourth-order valence-electron chi connectivity index (χ4n) is 2.42. The molecule has 1 N–H and O–H groups in total. The zero-order chi connectivity index (χ0) is 16.5. The highest BCUT2D eigenvalue weighted by Gasteiger charge is 2.16. The fraction of sp³-hybridized carbons (Fsp3) is 0.118. The Morgan fingerprint density at radius 1 is 1.17 bits per heavy atom. The molecule has 0 saturated carbocycles. The van der Waals surface area contributed by atoms with E-state index in [0.29, 0.717) is 33.1 Å². The summed E-state index contributed by atoms with van der Waals surface area (Å²) >= 11 is 1.20. The number of nitrogens with zero attached hydrogens (tertiary/aromatic N) is 1. The number of H-pyrrole nitrogens is 1. The lowest BCUT2D eigenvalue weighted by molar-refractivity contribution is 0.102. The van der Waals surface area contributed by atoms with Crippen molar-refractivity contribution in [2.45, 2.75) is 5.16 Å². The minimum absolute atomic E-state index is 0.0749. The number of ketones is 1. The Bertz CT molecular complexity index is 999. The number of aromatic nitrogens is 2. The summed E-state index contributed by atoms with van der Waals surface area (Å²) in [6.45, 7) is 0.171. The number of hydrogen-bond acceptors (Lipinski definition) is 6. The van der Waals surface area contributed by atoms with Crippen LogP contribution in [-0.2, 0) is 0 Å². The molecule has 1 aliphatic rings. The van der Waals surface area contributed by atoms with Gasteiger partial charge in [-0.3, -0.25) is 9.59 Å². The second-order valence-corrected chi connectivity index (χ2v) is 6.13. The summed E-state index contributed by atoms with van der Waals surface area (Å²) in [5.74, 6) is 1.30. The lowest BCUT2D eigenvalue weighted by Crippen LogP contribution is -2.10. The first-order valence-electron chi connectivity index (χ1n) is 7.25. The zero-order valence-electron chi connectivity index (χ0n) is 12.4. The van der Waals surface area contributed by atoms with E-state index >= 15 is 0 Å². The maximum absolute atomic E-state index is 12.3. The number of hydrogen-bond donors (Lipinski definition) is 1. The monoisotopic (exact) mass is 340 g/mol. The third kappa shape index (κ3) is 2.74. The van der Waals surface area contributed by atoms with Crippen molar-refractivity contribution in [3.05, 3.63) is 58.4 Å². The standard InChI is InChI=1S/C17H12N2O4S/c20-13(10-5-6-14-15(7-10)23-9-22-14)8-24-17-18-12-4-2-1-3-11(12)16(21)19-17/h1-7H,8-9H2,(H,18,19,21).